The number of aromatic nitrogens is 2. The normalized spacial score (nSPS) is 17.4. The molecule has 2 heterocycles. The smallest absolute Gasteiger partial charge is 0.261 e. The Kier molecular flexibility index (Phi) is 4.37. The van der Waals surface area contributed by atoms with Crippen molar-refractivity contribution in [3.63, 3.8) is 0 Å². The highest BCUT2D eigenvalue weighted by molar-refractivity contribution is 9.10. The predicted octanol–water partition coefficient (Wildman–Crippen LogP) is 1.41. The molecule has 0 bridgehead atoms. The van der Waals surface area contributed by atoms with Gasteiger partial charge in [0.05, 0.1) is 17.2 Å². The summed E-state index contributed by atoms with van der Waals surface area (Å²) in [6, 6.07) is 5.60. The van der Waals surface area contributed by atoms with Gasteiger partial charge in [-0.2, -0.15) is 0 Å². The summed E-state index contributed by atoms with van der Waals surface area (Å²) in [5.74, 6) is 0. The number of likely N-dealkylation sites (N-methyl/N-ethyl adjacent to an activating group) is 1. The Morgan fingerprint density at radius 1 is 1.19 bits per heavy atom. The highest BCUT2D eigenvalue weighted by atomic mass is 79.9. The average molecular weight is 351 g/mol. The van der Waals surface area contributed by atoms with Crippen LogP contribution in [0, 0.1) is 0 Å². The van der Waals surface area contributed by atoms with E-state index in [4.69, 9.17) is 0 Å². The van der Waals surface area contributed by atoms with Crippen LogP contribution in [0.3, 0.4) is 0 Å². The monoisotopic (exact) mass is 350 g/mol. The van der Waals surface area contributed by atoms with Gasteiger partial charge in [0.15, 0.2) is 0 Å². The van der Waals surface area contributed by atoms with Crippen LogP contribution in [0.4, 0.5) is 0 Å². The summed E-state index contributed by atoms with van der Waals surface area (Å²) in [6.45, 7) is 5.93. The molecule has 0 aliphatic carbocycles. The molecule has 0 amide bonds. The van der Waals surface area contributed by atoms with Crippen LogP contribution in [0.5, 0.6) is 0 Å². The van der Waals surface area contributed by atoms with Crippen molar-refractivity contribution < 1.29 is 0 Å². The predicted molar refractivity (Wildman–Crippen MR) is 87.6 cm³/mol. The second-order valence-electron chi connectivity index (χ2n) is 5.55. The van der Waals surface area contributed by atoms with Gasteiger partial charge in [-0.15, -0.1) is 0 Å². The molecule has 1 aromatic carbocycles. The minimum Gasteiger partial charge on any atom is -0.304 e. The molecule has 1 aromatic heterocycles. The van der Waals surface area contributed by atoms with Crippen molar-refractivity contribution in [2.24, 2.45) is 0 Å². The van der Waals surface area contributed by atoms with Crippen molar-refractivity contribution in [2.45, 2.75) is 6.54 Å². The molecule has 0 spiro atoms. The van der Waals surface area contributed by atoms with Crippen LogP contribution in [0.25, 0.3) is 10.9 Å². The van der Waals surface area contributed by atoms with E-state index in [-0.39, 0.29) is 5.56 Å². The molecule has 0 unspecified atom stereocenters. The molecule has 1 fully saturated rings. The fraction of sp³-hybridized carbons (Fsp3) is 0.467. The Morgan fingerprint density at radius 2 is 1.95 bits per heavy atom. The first kappa shape index (κ1) is 14.7. The van der Waals surface area contributed by atoms with E-state index in [9.17, 15) is 4.79 Å². The SMILES string of the molecule is CN1CCN(CCn2cnc3cc(Br)ccc3c2=O)CC1. The van der Waals surface area contributed by atoms with Crippen molar-refractivity contribution in [3.8, 4) is 0 Å². The Morgan fingerprint density at radius 3 is 2.71 bits per heavy atom. The van der Waals surface area contributed by atoms with E-state index in [1.807, 2.05) is 18.2 Å². The fourth-order valence-electron chi connectivity index (χ4n) is 2.61. The summed E-state index contributed by atoms with van der Waals surface area (Å²) in [7, 11) is 2.15. The van der Waals surface area contributed by atoms with Gasteiger partial charge in [-0.05, 0) is 25.2 Å². The average Bonchev–Trinajstić information content (AvgIpc) is 2.48. The molecule has 6 heteroatoms. The zero-order chi connectivity index (χ0) is 14.8. The van der Waals surface area contributed by atoms with Crippen LogP contribution >= 0.6 is 15.9 Å². The number of piperazine rings is 1. The maximum Gasteiger partial charge on any atom is 0.261 e. The van der Waals surface area contributed by atoms with Gasteiger partial charge in [-0.1, -0.05) is 15.9 Å². The molecule has 5 nitrogen and oxygen atoms in total. The van der Waals surface area contributed by atoms with Gasteiger partial charge in [0.25, 0.3) is 5.56 Å². The maximum atomic E-state index is 12.4. The third-order valence-corrected chi connectivity index (χ3v) is 4.53. The Labute approximate surface area is 132 Å². The van der Waals surface area contributed by atoms with E-state index in [0.29, 0.717) is 11.9 Å². The van der Waals surface area contributed by atoms with Gasteiger partial charge in [-0.3, -0.25) is 14.3 Å². The number of hydrogen-bond acceptors (Lipinski definition) is 4. The molecule has 1 aliphatic rings. The van der Waals surface area contributed by atoms with Crippen LogP contribution in [0.1, 0.15) is 0 Å². The van der Waals surface area contributed by atoms with Gasteiger partial charge in [0.1, 0.15) is 0 Å². The summed E-state index contributed by atoms with van der Waals surface area (Å²) in [5.41, 5.74) is 0.784. The molecular formula is C15H19BrN4O. The Balaban J connectivity index is 1.74. The number of rotatable bonds is 3. The molecule has 3 rings (SSSR count). The van der Waals surface area contributed by atoms with Crippen molar-refractivity contribution >= 4 is 26.8 Å². The standard InChI is InChI=1S/C15H19BrN4O/c1-18-4-6-19(7-5-18)8-9-20-11-17-14-10-12(16)2-3-13(14)15(20)21/h2-3,10-11H,4-9H2,1H3. The zero-order valence-corrected chi connectivity index (χ0v) is 13.7. The van der Waals surface area contributed by atoms with Crippen molar-refractivity contribution in [2.75, 3.05) is 39.8 Å². The Bertz CT molecular complexity index is 692. The number of halogens is 1. The van der Waals surface area contributed by atoms with E-state index in [1.54, 1.807) is 10.9 Å². The van der Waals surface area contributed by atoms with Gasteiger partial charge >= 0.3 is 0 Å². The minimum absolute atomic E-state index is 0.0432. The largest absolute Gasteiger partial charge is 0.304 e. The van der Waals surface area contributed by atoms with Crippen LogP contribution < -0.4 is 5.56 Å². The van der Waals surface area contributed by atoms with Crippen molar-refractivity contribution in [1.29, 1.82) is 0 Å². The third-order valence-electron chi connectivity index (χ3n) is 4.04. The second-order valence-corrected chi connectivity index (χ2v) is 6.47. The highest BCUT2D eigenvalue weighted by Crippen LogP contribution is 2.14. The fourth-order valence-corrected chi connectivity index (χ4v) is 2.96. The lowest BCUT2D eigenvalue weighted by Crippen LogP contribution is -2.45. The summed E-state index contributed by atoms with van der Waals surface area (Å²) in [4.78, 5) is 21.6. The molecule has 0 N–H and O–H groups in total. The lowest BCUT2D eigenvalue weighted by atomic mass is 10.2. The van der Waals surface area contributed by atoms with Gasteiger partial charge in [0, 0.05) is 43.7 Å². The summed E-state index contributed by atoms with van der Waals surface area (Å²) in [6.07, 6.45) is 1.66. The van der Waals surface area contributed by atoms with Gasteiger partial charge in [-0.25, -0.2) is 4.98 Å². The van der Waals surface area contributed by atoms with Gasteiger partial charge < -0.3 is 4.90 Å². The molecule has 112 valence electrons. The first-order valence-electron chi connectivity index (χ1n) is 7.19. The summed E-state index contributed by atoms with van der Waals surface area (Å²) in [5, 5.41) is 0.680. The zero-order valence-electron chi connectivity index (χ0n) is 12.1. The second kappa shape index (κ2) is 6.25. The maximum absolute atomic E-state index is 12.4. The summed E-state index contributed by atoms with van der Waals surface area (Å²) >= 11 is 3.40. The summed E-state index contributed by atoms with van der Waals surface area (Å²) < 4.78 is 2.66. The van der Waals surface area contributed by atoms with Crippen LogP contribution in [0.15, 0.2) is 33.8 Å². The number of benzene rings is 1. The molecule has 0 atom stereocenters. The minimum atomic E-state index is 0.0432. The topological polar surface area (TPSA) is 41.4 Å². The molecule has 2 aromatic rings. The molecule has 1 aliphatic heterocycles. The molecule has 21 heavy (non-hydrogen) atoms. The van der Waals surface area contributed by atoms with Crippen LogP contribution in [0.2, 0.25) is 0 Å². The van der Waals surface area contributed by atoms with Crippen LogP contribution in [-0.4, -0.2) is 59.1 Å². The molecule has 1 saturated heterocycles. The first-order chi connectivity index (χ1) is 10.1. The molecular weight excluding hydrogens is 332 g/mol. The quantitative estimate of drug-likeness (QED) is 0.839. The number of nitrogens with zero attached hydrogens (tertiary/aromatic N) is 4. The van der Waals surface area contributed by atoms with E-state index in [1.165, 1.54) is 0 Å². The van der Waals surface area contributed by atoms with E-state index in [2.05, 4.69) is 37.8 Å². The van der Waals surface area contributed by atoms with E-state index < -0.39 is 0 Å². The lowest BCUT2D eigenvalue weighted by Gasteiger charge is -2.32. The third kappa shape index (κ3) is 3.33. The number of fused-ring (bicyclic) bond motifs is 1. The van der Waals surface area contributed by atoms with Crippen LogP contribution in [-0.2, 0) is 6.54 Å². The Hall–Kier alpha value is -1.24. The highest BCUT2D eigenvalue weighted by Gasteiger charge is 2.13. The lowest BCUT2D eigenvalue weighted by molar-refractivity contribution is 0.149. The molecule has 0 saturated carbocycles. The molecule has 0 radical (unpaired) electrons. The van der Waals surface area contributed by atoms with Crippen molar-refractivity contribution in [1.82, 2.24) is 19.4 Å². The van der Waals surface area contributed by atoms with E-state index in [0.717, 1.165) is 42.7 Å². The van der Waals surface area contributed by atoms with E-state index >= 15 is 0 Å². The van der Waals surface area contributed by atoms with Crippen molar-refractivity contribution in [3.05, 3.63) is 39.4 Å². The number of hydrogen-bond donors (Lipinski definition) is 0. The first-order valence-corrected chi connectivity index (χ1v) is 7.98. The van der Waals surface area contributed by atoms with Gasteiger partial charge in [0.2, 0.25) is 0 Å².